The summed E-state index contributed by atoms with van der Waals surface area (Å²) in [6, 6.07) is 35.8. The minimum absolute atomic E-state index is 0.123. The maximum Gasteiger partial charge on any atom is 0.0651 e. The monoisotopic (exact) mass is 738 g/mol. The molecule has 0 atom stereocenters. The maximum absolute atomic E-state index is 9.83. The standard InChI is InChI=1S/C54H35N3/c1-2-14-36(15-3-1)37-28-30-38(31-29-37)39-16-12-17-40(34-39)56-47-22-8-4-20-44(47)45-33-32-41(35-53(45)56)55-50-25-11-7-21-46(50)54-51(55)26-13-27-52(54)57-48-23-9-5-18-42(48)43-19-6-10-24-49(43)57/h1-35H/i1D,2D,3D,12D,14D,15D,16D,17D,28D,29D,30D,31D,34D. The van der Waals surface area contributed by atoms with E-state index in [4.69, 9.17) is 12.3 Å². The quantitative estimate of drug-likeness (QED) is 0.167. The van der Waals surface area contributed by atoms with E-state index in [2.05, 4.69) is 69.8 Å². The van der Waals surface area contributed by atoms with Gasteiger partial charge in [0, 0.05) is 43.7 Å². The fourth-order valence-electron chi connectivity index (χ4n) is 8.49. The topological polar surface area (TPSA) is 14.8 Å². The number of hydrogen-bond donors (Lipinski definition) is 0. The highest BCUT2D eigenvalue weighted by molar-refractivity contribution is 6.17. The Balaban J connectivity index is 1.12. The van der Waals surface area contributed by atoms with Crippen LogP contribution in [-0.2, 0) is 0 Å². The first-order valence-electron chi connectivity index (χ1n) is 25.1. The van der Waals surface area contributed by atoms with Crippen LogP contribution in [0.3, 0.4) is 0 Å². The van der Waals surface area contributed by atoms with Gasteiger partial charge in [-0.25, -0.2) is 0 Å². The Kier molecular flexibility index (Phi) is 4.69. The van der Waals surface area contributed by atoms with E-state index in [0.29, 0.717) is 11.0 Å². The van der Waals surface area contributed by atoms with Crippen LogP contribution < -0.4 is 0 Å². The highest BCUT2D eigenvalue weighted by Gasteiger charge is 2.21. The van der Waals surface area contributed by atoms with Crippen molar-refractivity contribution in [2.45, 2.75) is 0 Å². The number of aromatic nitrogens is 3. The summed E-state index contributed by atoms with van der Waals surface area (Å²) >= 11 is 0. The number of rotatable bonds is 5. The predicted molar refractivity (Wildman–Crippen MR) is 240 cm³/mol. The zero-order valence-corrected chi connectivity index (χ0v) is 30.0. The number of para-hydroxylation sites is 4. The summed E-state index contributed by atoms with van der Waals surface area (Å²) in [4.78, 5) is 0. The Morgan fingerprint density at radius 1 is 0.316 bits per heavy atom. The first-order valence-corrected chi connectivity index (χ1v) is 18.6. The number of fused-ring (bicyclic) bond motifs is 9. The largest absolute Gasteiger partial charge is 0.309 e. The Morgan fingerprint density at radius 3 is 1.47 bits per heavy atom. The molecule has 0 unspecified atom stereocenters. The summed E-state index contributed by atoms with van der Waals surface area (Å²) < 4.78 is 122. The molecule has 0 saturated carbocycles. The summed E-state index contributed by atoms with van der Waals surface area (Å²) in [5.74, 6) is 0. The van der Waals surface area contributed by atoms with Crippen LogP contribution in [0.2, 0.25) is 0 Å². The zero-order chi connectivity index (χ0) is 48.8. The van der Waals surface area contributed by atoms with Crippen LogP contribution >= 0.6 is 0 Å². The van der Waals surface area contributed by atoms with E-state index in [0.717, 1.165) is 65.8 Å². The molecule has 3 heteroatoms. The van der Waals surface area contributed by atoms with Gasteiger partial charge in [0.05, 0.1) is 56.6 Å². The summed E-state index contributed by atoms with van der Waals surface area (Å²) in [5, 5.41) is 5.86. The van der Waals surface area contributed by atoms with Crippen LogP contribution in [-0.4, -0.2) is 13.7 Å². The molecule has 12 aromatic rings. The molecule has 0 aliphatic carbocycles. The van der Waals surface area contributed by atoms with Gasteiger partial charge in [-0.15, -0.1) is 0 Å². The lowest BCUT2D eigenvalue weighted by Gasteiger charge is -2.13. The van der Waals surface area contributed by atoms with Gasteiger partial charge in [-0.3, -0.25) is 0 Å². The van der Waals surface area contributed by atoms with E-state index in [1.807, 2.05) is 72.8 Å². The van der Waals surface area contributed by atoms with Crippen LogP contribution in [0.25, 0.3) is 105 Å². The molecular weight excluding hydrogens is 691 g/mol. The second-order valence-corrected chi connectivity index (χ2v) is 13.9. The van der Waals surface area contributed by atoms with E-state index in [1.165, 1.54) is 0 Å². The van der Waals surface area contributed by atoms with Crippen molar-refractivity contribution in [3.63, 3.8) is 0 Å². The van der Waals surface area contributed by atoms with Crippen LogP contribution in [0.1, 0.15) is 17.8 Å². The Bertz CT molecular complexity index is 4190. The highest BCUT2D eigenvalue weighted by atomic mass is 15.0. The van der Waals surface area contributed by atoms with Crippen molar-refractivity contribution in [2.24, 2.45) is 0 Å². The van der Waals surface area contributed by atoms with Crippen molar-refractivity contribution in [1.29, 1.82) is 0 Å². The van der Waals surface area contributed by atoms with E-state index in [9.17, 15) is 5.48 Å². The lowest BCUT2D eigenvalue weighted by molar-refractivity contribution is 1.15. The molecule has 0 spiro atoms. The van der Waals surface area contributed by atoms with Gasteiger partial charge in [0.2, 0.25) is 0 Å². The average molecular weight is 739 g/mol. The van der Waals surface area contributed by atoms with E-state index >= 15 is 0 Å². The minimum Gasteiger partial charge on any atom is -0.309 e. The van der Waals surface area contributed by atoms with Gasteiger partial charge in [0.15, 0.2) is 0 Å². The van der Waals surface area contributed by atoms with Crippen molar-refractivity contribution in [2.75, 3.05) is 0 Å². The summed E-state index contributed by atoms with van der Waals surface area (Å²) in [6.45, 7) is 0. The fraction of sp³-hybridized carbons (Fsp3) is 0. The third kappa shape index (κ3) is 4.79. The van der Waals surface area contributed by atoms with Crippen LogP contribution in [0.5, 0.6) is 0 Å². The SMILES string of the molecule is [2H]c1c([2H])c([2H])c(-c2c([2H])c([2H])c(-c3c([2H])c([2H])c([2H])c(-n4c5ccccc5c5ccc(-n6c7ccccc7c7c(-n8c9ccccc9c9ccccc98)cccc76)cc54)c3[2H])c([2H])c2[2H])c([2H])c1[2H]. The minimum atomic E-state index is -0.759. The highest BCUT2D eigenvalue weighted by Crippen LogP contribution is 2.41. The van der Waals surface area contributed by atoms with Gasteiger partial charge in [-0.1, -0.05) is 151 Å². The third-order valence-corrected chi connectivity index (χ3v) is 10.9. The first kappa shape index (κ1) is 21.5. The molecular formula is C54H35N3. The molecule has 0 radical (unpaired) electrons. The first-order chi connectivity index (χ1) is 33.7. The second-order valence-electron chi connectivity index (χ2n) is 13.9. The van der Waals surface area contributed by atoms with Crippen molar-refractivity contribution in [1.82, 2.24) is 13.7 Å². The van der Waals surface area contributed by atoms with Crippen molar-refractivity contribution >= 4 is 65.4 Å². The normalized spacial score (nSPS) is 15.1. The van der Waals surface area contributed by atoms with Gasteiger partial charge < -0.3 is 13.7 Å². The molecule has 0 bridgehead atoms. The molecule has 266 valence electrons. The third-order valence-electron chi connectivity index (χ3n) is 10.9. The maximum atomic E-state index is 9.83. The summed E-state index contributed by atoms with van der Waals surface area (Å²) in [5.41, 5.74) is 4.77. The molecule has 0 saturated heterocycles. The molecule has 9 aromatic carbocycles. The second kappa shape index (κ2) is 12.5. The van der Waals surface area contributed by atoms with E-state index < -0.39 is 101 Å². The molecule has 0 aliphatic heterocycles. The van der Waals surface area contributed by atoms with Crippen molar-refractivity contribution in [3.05, 3.63) is 212 Å². The molecule has 0 fully saturated rings. The van der Waals surface area contributed by atoms with Gasteiger partial charge in [0.1, 0.15) is 0 Å². The van der Waals surface area contributed by atoms with Gasteiger partial charge in [0.25, 0.3) is 0 Å². The lowest BCUT2D eigenvalue weighted by atomic mass is 10.00. The van der Waals surface area contributed by atoms with E-state index in [1.54, 1.807) is 4.57 Å². The summed E-state index contributed by atoms with van der Waals surface area (Å²) in [7, 11) is 0. The molecule has 0 N–H and O–H groups in total. The zero-order valence-electron chi connectivity index (χ0n) is 43.0. The molecule has 3 nitrogen and oxygen atoms in total. The molecule has 3 aromatic heterocycles. The Hall–Kier alpha value is -7.62. The van der Waals surface area contributed by atoms with Crippen molar-refractivity contribution in [3.8, 4) is 39.3 Å². The Morgan fingerprint density at radius 2 is 0.807 bits per heavy atom. The predicted octanol–water partition coefficient (Wildman–Crippen LogP) is 14.3. The molecule has 57 heavy (non-hydrogen) atoms. The molecule has 3 heterocycles. The van der Waals surface area contributed by atoms with Crippen molar-refractivity contribution < 1.29 is 17.8 Å². The molecule has 12 rings (SSSR count). The lowest BCUT2D eigenvalue weighted by Crippen LogP contribution is -1.98. The van der Waals surface area contributed by atoms with Gasteiger partial charge in [-0.05, 0) is 82.9 Å². The number of benzene rings is 9. The average Bonchev–Trinajstić information content (AvgIpc) is 4.01. The van der Waals surface area contributed by atoms with Crippen LogP contribution in [0, 0.1) is 0 Å². The van der Waals surface area contributed by atoms with E-state index in [-0.39, 0.29) is 5.69 Å². The van der Waals surface area contributed by atoms with Gasteiger partial charge >= 0.3 is 0 Å². The van der Waals surface area contributed by atoms with Crippen LogP contribution in [0.4, 0.5) is 0 Å². The number of nitrogens with zero attached hydrogens (tertiary/aromatic N) is 3. The Labute approximate surface area is 347 Å². The number of hydrogen-bond acceptors (Lipinski definition) is 0. The van der Waals surface area contributed by atoms with Crippen LogP contribution in [0.15, 0.2) is 212 Å². The molecule has 0 aliphatic rings. The molecule has 0 amide bonds. The smallest absolute Gasteiger partial charge is 0.0651 e. The van der Waals surface area contributed by atoms with Gasteiger partial charge in [-0.2, -0.15) is 0 Å². The fourth-order valence-corrected chi connectivity index (χ4v) is 8.49. The summed E-state index contributed by atoms with van der Waals surface area (Å²) in [6.07, 6.45) is 0.